The second-order valence-electron chi connectivity index (χ2n) is 6.95. The smallest absolute Gasteiger partial charge is 0.139 e. The van der Waals surface area contributed by atoms with Gasteiger partial charge < -0.3 is 10.5 Å². The molecule has 0 aromatic heterocycles. The lowest BCUT2D eigenvalue weighted by Gasteiger charge is -2.26. The summed E-state index contributed by atoms with van der Waals surface area (Å²) in [6.07, 6.45) is 2.02. The van der Waals surface area contributed by atoms with Gasteiger partial charge in [0.05, 0.1) is 11.6 Å². The third-order valence-electron chi connectivity index (χ3n) is 3.37. The molecule has 0 heterocycles. The topological polar surface area (TPSA) is 35.2 Å². The zero-order valence-electron chi connectivity index (χ0n) is 13.7. The van der Waals surface area contributed by atoms with Crippen molar-refractivity contribution in [1.82, 2.24) is 0 Å². The van der Waals surface area contributed by atoms with Crippen LogP contribution in [0.3, 0.4) is 0 Å². The van der Waals surface area contributed by atoms with E-state index in [9.17, 15) is 0 Å². The highest BCUT2D eigenvalue weighted by Gasteiger charge is 2.20. The van der Waals surface area contributed by atoms with Gasteiger partial charge in [-0.2, -0.15) is 0 Å². The SMILES string of the molecule is CCOc1cc(Cl)c(C(N)CC(C)CC(C)(C)C)cc1Cl. The Kier molecular flexibility index (Phi) is 6.83. The van der Waals surface area contributed by atoms with E-state index >= 15 is 0 Å². The number of hydrogen-bond donors (Lipinski definition) is 1. The maximum absolute atomic E-state index is 6.33. The molecule has 1 aromatic carbocycles. The number of hydrogen-bond acceptors (Lipinski definition) is 2. The first-order valence-corrected chi connectivity index (χ1v) is 8.27. The molecule has 0 saturated carbocycles. The van der Waals surface area contributed by atoms with Crippen LogP contribution in [0.25, 0.3) is 0 Å². The minimum Gasteiger partial charge on any atom is -0.492 e. The molecule has 0 saturated heterocycles. The normalized spacial score (nSPS) is 14.9. The highest BCUT2D eigenvalue weighted by atomic mass is 35.5. The van der Waals surface area contributed by atoms with Crippen LogP contribution in [0.4, 0.5) is 0 Å². The molecular formula is C17H27Cl2NO. The second-order valence-corrected chi connectivity index (χ2v) is 7.76. The molecule has 2 nitrogen and oxygen atoms in total. The molecule has 21 heavy (non-hydrogen) atoms. The van der Waals surface area contributed by atoms with Crippen molar-refractivity contribution in [2.75, 3.05) is 6.61 Å². The molecule has 2 unspecified atom stereocenters. The largest absolute Gasteiger partial charge is 0.492 e. The Morgan fingerprint density at radius 1 is 1.19 bits per heavy atom. The van der Waals surface area contributed by atoms with E-state index < -0.39 is 0 Å². The summed E-state index contributed by atoms with van der Waals surface area (Å²) in [6, 6.07) is 3.49. The predicted molar refractivity (Wildman–Crippen MR) is 92.4 cm³/mol. The molecule has 0 spiro atoms. The average molecular weight is 332 g/mol. The minimum absolute atomic E-state index is 0.108. The molecule has 0 aliphatic carbocycles. The van der Waals surface area contributed by atoms with E-state index in [1.165, 1.54) is 0 Å². The second kappa shape index (κ2) is 7.71. The van der Waals surface area contributed by atoms with Gasteiger partial charge >= 0.3 is 0 Å². The van der Waals surface area contributed by atoms with Gasteiger partial charge in [0.25, 0.3) is 0 Å². The molecule has 2 N–H and O–H groups in total. The number of nitrogens with two attached hydrogens (primary N) is 1. The van der Waals surface area contributed by atoms with E-state index in [0.717, 1.165) is 18.4 Å². The zero-order chi connectivity index (χ0) is 16.2. The molecule has 4 heteroatoms. The van der Waals surface area contributed by atoms with E-state index in [0.29, 0.717) is 33.7 Å². The Morgan fingerprint density at radius 2 is 1.81 bits per heavy atom. The molecule has 1 aromatic rings. The maximum atomic E-state index is 6.33. The molecule has 0 fully saturated rings. The monoisotopic (exact) mass is 331 g/mol. The Balaban J connectivity index is 2.83. The Hall–Kier alpha value is -0.440. The van der Waals surface area contributed by atoms with E-state index in [2.05, 4.69) is 27.7 Å². The standard InChI is InChI=1S/C17H27Cl2NO/c1-6-21-16-9-13(18)12(8-14(16)19)15(20)7-11(2)10-17(3,4)5/h8-9,11,15H,6-7,10,20H2,1-5H3. The molecule has 0 amide bonds. The summed E-state index contributed by atoms with van der Waals surface area (Å²) in [7, 11) is 0. The quantitative estimate of drug-likeness (QED) is 0.709. The van der Waals surface area contributed by atoms with Gasteiger partial charge in [0.15, 0.2) is 0 Å². The van der Waals surface area contributed by atoms with E-state index in [1.54, 1.807) is 6.07 Å². The number of ether oxygens (including phenoxy) is 1. The van der Waals surface area contributed by atoms with E-state index in [-0.39, 0.29) is 6.04 Å². The molecule has 0 radical (unpaired) electrons. The van der Waals surface area contributed by atoms with Crippen LogP contribution in [0.2, 0.25) is 10.0 Å². The molecule has 0 bridgehead atoms. The highest BCUT2D eigenvalue weighted by Crippen LogP contribution is 2.36. The predicted octanol–water partition coefficient (Wildman–Crippen LogP) is 5.85. The van der Waals surface area contributed by atoms with Gasteiger partial charge in [-0.15, -0.1) is 0 Å². The lowest BCUT2D eigenvalue weighted by molar-refractivity contribution is 0.286. The van der Waals surface area contributed by atoms with Gasteiger partial charge in [-0.1, -0.05) is 50.9 Å². The summed E-state index contributed by atoms with van der Waals surface area (Å²) in [5.41, 5.74) is 7.52. The summed E-state index contributed by atoms with van der Waals surface area (Å²) in [5, 5.41) is 1.19. The summed E-state index contributed by atoms with van der Waals surface area (Å²) in [4.78, 5) is 0. The van der Waals surface area contributed by atoms with Crippen LogP contribution in [0, 0.1) is 11.3 Å². The fourth-order valence-electron chi connectivity index (χ4n) is 2.78. The third-order valence-corrected chi connectivity index (χ3v) is 3.99. The molecule has 0 aliphatic rings. The van der Waals surface area contributed by atoms with Crippen molar-refractivity contribution >= 4 is 23.2 Å². The van der Waals surface area contributed by atoms with Crippen molar-refractivity contribution in [3.05, 3.63) is 27.7 Å². The Bertz CT molecular complexity index is 469. The van der Waals surface area contributed by atoms with Gasteiger partial charge in [0.1, 0.15) is 5.75 Å². The van der Waals surface area contributed by atoms with Crippen molar-refractivity contribution < 1.29 is 4.74 Å². The van der Waals surface area contributed by atoms with Crippen LogP contribution in [0.1, 0.15) is 59.1 Å². The number of benzene rings is 1. The molecule has 120 valence electrons. The first kappa shape index (κ1) is 18.6. The summed E-state index contributed by atoms with van der Waals surface area (Å²) in [6.45, 7) is 11.4. The first-order valence-electron chi connectivity index (χ1n) is 7.51. The lowest BCUT2D eigenvalue weighted by Crippen LogP contribution is -2.18. The van der Waals surface area contributed by atoms with Crippen LogP contribution < -0.4 is 10.5 Å². The van der Waals surface area contributed by atoms with Crippen LogP contribution in [0.5, 0.6) is 5.75 Å². The number of halogens is 2. The summed E-state index contributed by atoms with van der Waals surface area (Å²) < 4.78 is 5.44. The molecule has 1 rings (SSSR count). The van der Waals surface area contributed by atoms with Gasteiger partial charge in [-0.3, -0.25) is 0 Å². The van der Waals surface area contributed by atoms with E-state index in [1.807, 2.05) is 13.0 Å². The molecule has 2 atom stereocenters. The van der Waals surface area contributed by atoms with E-state index in [4.69, 9.17) is 33.7 Å². The zero-order valence-corrected chi connectivity index (χ0v) is 15.2. The lowest BCUT2D eigenvalue weighted by atomic mass is 9.82. The van der Waals surface area contributed by atoms with Crippen LogP contribution in [-0.4, -0.2) is 6.61 Å². The van der Waals surface area contributed by atoms with Crippen LogP contribution in [0.15, 0.2) is 12.1 Å². The Labute approximate surface area is 139 Å². The van der Waals surface area contributed by atoms with Gasteiger partial charge in [0.2, 0.25) is 0 Å². The van der Waals surface area contributed by atoms with Crippen molar-refractivity contribution in [1.29, 1.82) is 0 Å². The van der Waals surface area contributed by atoms with Crippen molar-refractivity contribution in [3.63, 3.8) is 0 Å². The van der Waals surface area contributed by atoms with Crippen LogP contribution >= 0.6 is 23.2 Å². The maximum Gasteiger partial charge on any atom is 0.139 e. The highest BCUT2D eigenvalue weighted by molar-refractivity contribution is 6.34. The van der Waals surface area contributed by atoms with Crippen LogP contribution in [-0.2, 0) is 0 Å². The van der Waals surface area contributed by atoms with Crippen molar-refractivity contribution in [2.24, 2.45) is 17.1 Å². The average Bonchev–Trinajstić information content (AvgIpc) is 2.30. The summed E-state index contributed by atoms with van der Waals surface area (Å²) in [5.74, 6) is 1.14. The fourth-order valence-corrected chi connectivity index (χ4v) is 3.30. The van der Waals surface area contributed by atoms with Gasteiger partial charge in [-0.25, -0.2) is 0 Å². The fraction of sp³-hybridized carbons (Fsp3) is 0.647. The number of rotatable bonds is 6. The third kappa shape index (κ3) is 6.06. The Morgan fingerprint density at radius 3 is 2.33 bits per heavy atom. The van der Waals surface area contributed by atoms with Gasteiger partial charge in [0, 0.05) is 17.1 Å². The molecular weight excluding hydrogens is 305 g/mol. The minimum atomic E-state index is -0.108. The molecule has 0 aliphatic heterocycles. The van der Waals surface area contributed by atoms with Crippen molar-refractivity contribution in [2.45, 2.75) is 53.5 Å². The van der Waals surface area contributed by atoms with Gasteiger partial charge in [-0.05, 0) is 42.7 Å². The summed E-state index contributed by atoms with van der Waals surface area (Å²) >= 11 is 12.6. The first-order chi connectivity index (χ1) is 9.64. The van der Waals surface area contributed by atoms with Crippen molar-refractivity contribution in [3.8, 4) is 5.75 Å².